The Balaban J connectivity index is 1.39. The molecule has 4 aliphatic carbocycles. The Morgan fingerprint density at radius 1 is 1.06 bits per heavy atom. The van der Waals surface area contributed by atoms with E-state index in [2.05, 4.69) is 40.7 Å². The van der Waals surface area contributed by atoms with E-state index in [-0.39, 0.29) is 6.10 Å². The number of ether oxygens (including phenoxy) is 1. The molecule has 0 aromatic carbocycles. The molecule has 0 bridgehead atoms. The molecule has 0 saturated heterocycles. The smallest absolute Gasteiger partial charge is 0.0577 e. The zero-order valence-corrected chi connectivity index (χ0v) is 21.2. The van der Waals surface area contributed by atoms with Crippen molar-refractivity contribution in [1.29, 1.82) is 0 Å². The molecule has 0 radical (unpaired) electrons. The second kappa shape index (κ2) is 9.49. The SMILES string of the molecule is CCOCC(C)CCC[C@@H](C)[C@H]1CC[C@H]2[C@@H]3CC=C4C[C@@H](O)CC[C@]4(C)[C@H]3CC[C@]12C. The minimum atomic E-state index is -0.0855. The number of hydrogen-bond acceptors (Lipinski definition) is 2. The molecule has 0 heterocycles. The summed E-state index contributed by atoms with van der Waals surface area (Å²) in [5.41, 5.74) is 2.55. The summed E-state index contributed by atoms with van der Waals surface area (Å²) in [5, 5.41) is 10.2. The van der Waals surface area contributed by atoms with Crippen LogP contribution in [0, 0.1) is 46.3 Å². The first-order chi connectivity index (χ1) is 14.8. The Bertz CT molecular complexity index is 641. The van der Waals surface area contributed by atoms with Gasteiger partial charge in [-0.3, -0.25) is 0 Å². The summed E-state index contributed by atoms with van der Waals surface area (Å²) >= 11 is 0. The summed E-state index contributed by atoms with van der Waals surface area (Å²) in [6.07, 6.45) is 16.9. The molecule has 0 aromatic rings. The van der Waals surface area contributed by atoms with Crippen molar-refractivity contribution in [3.63, 3.8) is 0 Å². The van der Waals surface area contributed by atoms with Crippen LogP contribution < -0.4 is 0 Å². The van der Waals surface area contributed by atoms with Crippen LogP contribution in [0.2, 0.25) is 0 Å². The summed E-state index contributed by atoms with van der Waals surface area (Å²) in [7, 11) is 0. The number of aliphatic hydroxyl groups is 1. The van der Waals surface area contributed by atoms with Crippen LogP contribution in [0.4, 0.5) is 0 Å². The fourth-order valence-corrected chi connectivity index (χ4v) is 9.01. The lowest BCUT2D eigenvalue weighted by Gasteiger charge is -2.58. The number of fused-ring (bicyclic) bond motifs is 5. The third kappa shape index (κ3) is 4.42. The van der Waals surface area contributed by atoms with Gasteiger partial charge in [0.25, 0.3) is 0 Å². The molecule has 0 aromatic heterocycles. The van der Waals surface area contributed by atoms with Crippen LogP contribution in [0.5, 0.6) is 0 Å². The van der Waals surface area contributed by atoms with E-state index in [4.69, 9.17) is 4.74 Å². The molecule has 1 unspecified atom stereocenters. The maximum Gasteiger partial charge on any atom is 0.0577 e. The quantitative estimate of drug-likeness (QED) is 0.406. The van der Waals surface area contributed by atoms with Crippen molar-refractivity contribution >= 4 is 0 Å². The normalized spacial score (nSPS) is 44.1. The molecule has 0 spiro atoms. The first kappa shape index (κ1) is 23.8. The maximum absolute atomic E-state index is 10.2. The van der Waals surface area contributed by atoms with Gasteiger partial charge in [0.15, 0.2) is 0 Å². The van der Waals surface area contributed by atoms with Gasteiger partial charge in [0, 0.05) is 13.2 Å². The molecule has 178 valence electrons. The van der Waals surface area contributed by atoms with Gasteiger partial charge in [-0.15, -0.1) is 0 Å². The average molecular weight is 431 g/mol. The fraction of sp³-hybridized carbons (Fsp3) is 0.931. The van der Waals surface area contributed by atoms with Crippen molar-refractivity contribution in [2.24, 2.45) is 46.3 Å². The Morgan fingerprint density at radius 2 is 1.87 bits per heavy atom. The number of rotatable bonds is 8. The molecule has 9 atom stereocenters. The Kier molecular flexibility index (Phi) is 7.29. The van der Waals surface area contributed by atoms with Crippen molar-refractivity contribution in [1.82, 2.24) is 0 Å². The highest BCUT2D eigenvalue weighted by Gasteiger charge is 2.59. The lowest BCUT2D eigenvalue weighted by Crippen LogP contribution is -2.50. The average Bonchev–Trinajstić information content (AvgIpc) is 3.10. The highest BCUT2D eigenvalue weighted by molar-refractivity contribution is 5.25. The summed E-state index contributed by atoms with van der Waals surface area (Å²) in [4.78, 5) is 0. The Morgan fingerprint density at radius 3 is 2.65 bits per heavy atom. The van der Waals surface area contributed by atoms with E-state index < -0.39 is 0 Å². The standard InChI is InChI=1S/C29H50O2/c1-6-31-19-20(2)8-7-9-21(3)25-12-13-26-24-11-10-22-18-23(30)14-16-28(22,4)27(24)15-17-29(25,26)5/h10,20-21,23-27,30H,6-9,11-19H2,1-5H3/t20?,21-,23+,24+,25-,26+,27+,28+,29-/m1/s1. The van der Waals surface area contributed by atoms with Crippen molar-refractivity contribution in [2.75, 3.05) is 13.2 Å². The minimum absolute atomic E-state index is 0.0855. The van der Waals surface area contributed by atoms with E-state index in [1.165, 1.54) is 57.8 Å². The third-order valence-electron chi connectivity index (χ3n) is 10.8. The zero-order chi connectivity index (χ0) is 22.2. The van der Waals surface area contributed by atoms with Crippen molar-refractivity contribution in [3.8, 4) is 0 Å². The van der Waals surface area contributed by atoms with E-state index in [0.717, 1.165) is 55.6 Å². The van der Waals surface area contributed by atoms with E-state index in [1.807, 2.05) is 0 Å². The van der Waals surface area contributed by atoms with Gasteiger partial charge >= 0.3 is 0 Å². The van der Waals surface area contributed by atoms with Gasteiger partial charge in [-0.25, -0.2) is 0 Å². The second-order valence-corrected chi connectivity index (χ2v) is 12.6. The van der Waals surface area contributed by atoms with Gasteiger partial charge in [0.05, 0.1) is 6.10 Å². The van der Waals surface area contributed by atoms with Crippen LogP contribution in [0.25, 0.3) is 0 Å². The van der Waals surface area contributed by atoms with Crippen molar-refractivity contribution in [3.05, 3.63) is 11.6 Å². The maximum atomic E-state index is 10.2. The third-order valence-corrected chi connectivity index (χ3v) is 10.8. The van der Waals surface area contributed by atoms with Crippen LogP contribution >= 0.6 is 0 Å². The molecule has 0 amide bonds. The van der Waals surface area contributed by atoms with E-state index in [0.29, 0.717) is 16.7 Å². The number of aliphatic hydroxyl groups excluding tert-OH is 1. The van der Waals surface area contributed by atoms with E-state index in [1.54, 1.807) is 5.57 Å². The number of allylic oxidation sites excluding steroid dienone is 1. The van der Waals surface area contributed by atoms with Crippen LogP contribution in [0.15, 0.2) is 11.6 Å². The molecule has 4 rings (SSSR count). The topological polar surface area (TPSA) is 29.5 Å². The van der Waals surface area contributed by atoms with Gasteiger partial charge in [-0.1, -0.05) is 52.2 Å². The number of hydrogen-bond donors (Lipinski definition) is 1. The monoisotopic (exact) mass is 430 g/mol. The summed E-state index contributed by atoms with van der Waals surface area (Å²) in [6.45, 7) is 14.0. The van der Waals surface area contributed by atoms with Gasteiger partial charge in [0.1, 0.15) is 0 Å². The van der Waals surface area contributed by atoms with Gasteiger partial charge in [-0.2, -0.15) is 0 Å². The van der Waals surface area contributed by atoms with Crippen LogP contribution in [0.1, 0.15) is 105 Å². The molecular weight excluding hydrogens is 380 g/mol. The van der Waals surface area contributed by atoms with Gasteiger partial charge < -0.3 is 9.84 Å². The lowest BCUT2D eigenvalue weighted by molar-refractivity contribution is -0.0573. The molecule has 3 saturated carbocycles. The Labute approximate surface area is 192 Å². The second-order valence-electron chi connectivity index (χ2n) is 12.6. The van der Waals surface area contributed by atoms with Crippen molar-refractivity contribution < 1.29 is 9.84 Å². The molecule has 0 aliphatic heterocycles. The Hall–Kier alpha value is -0.340. The van der Waals surface area contributed by atoms with Crippen LogP contribution in [0.3, 0.4) is 0 Å². The van der Waals surface area contributed by atoms with Gasteiger partial charge in [0.2, 0.25) is 0 Å². The molecule has 31 heavy (non-hydrogen) atoms. The largest absolute Gasteiger partial charge is 0.393 e. The summed E-state index contributed by atoms with van der Waals surface area (Å²) in [6, 6.07) is 0. The first-order valence-electron chi connectivity index (χ1n) is 13.7. The van der Waals surface area contributed by atoms with Crippen LogP contribution in [-0.2, 0) is 4.74 Å². The minimum Gasteiger partial charge on any atom is -0.393 e. The van der Waals surface area contributed by atoms with E-state index in [9.17, 15) is 5.11 Å². The molecule has 1 N–H and O–H groups in total. The first-order valence-corrected chi connectivity index (χ1v) is 13.7. The zero-order valence-electron chi connectivity index (χ0n) is 21.2. The summed E-state index contributed by atoms with van der Waals surface area (Å²) in [5.74, 6) is 5.18. The summed E-state index contributed by atoms with van der Waals surface area (Å²) < 4.78 is 5.62. The van der Waals surface area contributed by atoms with E-state index >= 15 is 0 Å². The predicted molar refractivity (Wildman–Crippen MR) is 130 cm³/mol. The molecule has 2 heteroatoms. The van der Waals surface area contributed by atoms with Gasteiger partial charge in [-0.05, 0) is 111 Å². The molecular formula is C29H50O2. The fourth-order valence-electron chi connectivity index (χ4n) is 9.01. The highest BCUT2D eigenvalue weighted by atomic mass is 16.5. The lowest BCUT2D eigenvalue weighted by atomic mass is 9.47. The van der Waals surface area contributed by atoms with Crippen LogP contribution in [-0.4, -0.2) is 24.4 Å². The molecule has 3 fully saturated rings. The van der Waals surface area contributed by atoms with Crippen molar-refractivity contribution in [2.45, 2.75) is 111 Å². The molecule has 2 nitrogen and oxygen atoms in total. The molecule has 4 aliphatic rings. The predicted octanol–water partition coefficient (Wildman–Crippen LogP) is 7.41. The highest BCUT2D eigenvalue weighted by Crippen LogP contribution is 2.67.